The molecule has 0 radical (unpaired) electrons. The van der Waals surface area contributed by atoms with Crippen LogP contribution in [0.2, 0.25) is 0 Å². The van der Waals surface area contributed by atoms with Crippen LogP contribution >= 0.6 is 0 Å². The van der Waals surface area contributed by atoms with Crippen LogP contribution in [0.25, 0.3) is 0 Å². The fraction of sp³-hybridized carbons (Fsp3) is 0.500. The highest BCUT2D eigenvalue weighted by Crippen LogP contribution is 2.34. The van der Waals surface area contributed by atoms with Crippen molar-refractivity contribution in [3.05, 3.63) is 24.3 Å². The molecule has 2 rings (SSSR count). The lowest BCUT2D eigenvalue weighted by Crippen LogP contribution is -2.53. The molecular weight excluding hydrogens is 332 g/mol. The SMILES string of the molecule is COC(=O)C1(NS(=O)(=O)c2ccccc2OC(F)F)CCCC1. The minimum Gasteiger partial charge on any atom is -0.468 e. The number of ether oxygens (including phenoxy) is 2. The van der Waals surface area contributed by atoms with Crippen molar-refractivity contribution in [3.8, 4) is 5.75 Å². The van der Waals surface area contributed by atoms with Gasteiger partial charge in [-0.2, -0.15) is 13.5 Å². The van der Waals surface area contributed by atoms with Crippen molar-refractivity contribution in [2.45, 2.75) is 42.7 Å². The number of carbonyl (C=O) groups excluding carboxylic acids is 1. The molecule has 1 aliphatic carbocycles. The molecule has 128 valence electrons. The van der Waals surface area contributed by atoms with Gasteiger partial charge in [0.15, 0.2) is 0 Å². The van der Waals surface area contributed by atoms with Crippen LogP contribution in [0.5, 0.6) is 5.75 Å². The lowest BCUT2D eigenvalue weighted by Gasteiger charge is -2.27. The van der Waals surface area contributed by atoms with Gasteiger partial charge < -0.3 is 9.47 Å². The highest BCUT2D eigenvalue weighted by Gasteiger charge is 2.46. The maximum atomic E-state index is 12.6. The van der Waals surface area contributed by atoms with Crippen molar-refractivity contribution < 1.29 is 31.5 Å². The fourth-order valence-corrected chi connectivity index (χ4v) is 4.25. The number of esters is 1. The van der Waals surface area contributed by atoms with Gasteiger partial charge in [0, 0.05) is 0 Å². The Kier molecular flexibility index (Phi) is 5.20. The summed E-state index contributed by atoms with van der Waals surface area (Å²) in [6.45, 7) is -3.16. The van der Waals surface area contributed by atoms with Crippen molar-refractivity contribution >= 4 is 16.0 Å². The van der Waals surface area contributed by atoms with E-state index in [2.05, 4.69) is 9.46 Å². The molecule has 1 aliphatic rings. The Hall–Kier alpha value is -1.74. The Morgan fingerprint density at radius 3 is 2.43 bits per heavy atom. The first-order valence-electron chi connectivity index (χ1n) is 6.97. The monoisotopic (exact) mass is 349 g/mol. The third-order valence-corrected chi connectivity index (χ3v) is 5.29. The van der Waals surface area contributed by atoms with Gasteiger partial charge in [-0.05, 0) is 25.0 Å². The van der Waals surface area contributed by atoms with Crippen LogP contribution in [-0.2, 0) is 19.6 Å². The number of hydrogen-bond acceptors (Lipinski definition) is 5. The smallest absolute Gasteiger partial charge is 0.387 e. The van der Waals surface area contributed by atoms with Crippen LogP contribution in [0.3, 0.4) is 0 Å². The number of benzene rings is 1. The van der Waals surface area contributed by atoms with E-state index in [9.17, 15) is 22.0 Å². The average Bonchev–Trinajstić information content (AvgIpc) is 2.95. The Morgan fingerprint density at radius 1 is 1.26 bits per heavy atom. The molecule has 1 N–H and O–H groups in total. The number of rotatable bonds is 6. The fourth-order valence-electron chi connectivity index (χ4n) is 2.70. The molecule has 23 heavy (non-hydrogen) atoms. The van der Waals surface area contributed by atoms with Gasteiger partial charge in [0.25, 0.3) is 0 Å². The van der Waals surface area contributed by atoms with Crippen molar-refractivity contribution in [2.24, 2.45) is 0 Å². The molecule has 1 aromatic rings. The molecule has 0 heterocycles. The molecule has 0 amide bonds. The number of alkyl halides is 2. The maximum absolute atomic E-state index is 12.6. The van der Waals surface area contributed by atoms with E-state index in [-0.39, 0.29) is 12.8 Å². The summed E-state index contributed by atoms with van der Waals surface area (Å²) in [5.74, 6) is -1.17. The van der Waals surface area contributed by atoms with Gasteiger partial charge in [-0.25, -0.2) is 8.42 Å². The van der Waals surface area contributed by atoms with Crippen molar-refractivity contribution in [3.63, 3.8) is 0 Å². The number of carbonyl (C=O) groups is 1. The third-order valence-electron chi connectivity index (χ3n) is 3.72. The second kappa shape index (κ2) is 6.79. The van der Waals surface area contributed by atoms with Gasteiger partial charge >= 0.3 is 12.6 Å². The van der Waals surface area contributed by atoms with Gasteiger partial charge in [-0.15, -0.1) is 0 Å². The second-order valence-electron chi connectivity index (χ2n) is 5.21. The topological polar surface area (TPSA) is 81.7 Å². The highest BCUT2D eigenvalue weighted by molar-refractivity contribution is 7.89. The molecule has 1 fully saturated rings. The molecule has 0 atom stereocenters. The van der Waals surface area contributed by atoms with Crippen LogP contribution in [0, 0.1) is 0 Å². The summed E-state index contributed by atoms with van der Waals surface area (Å²) >= 11 is 0. The molecule has 1 aromatic carbocycles. The average molecular weight is 349 g/mol. The Balaban J connectivity index is 2.37. The Labute approximate surface area is 132 Å². The first-order chi connectivity index (χ1) is 10.8. The van der Waals surface area contributed by atoms with Crippen LogP contribution in [0.15, 0.2) is 29.2 Å². The Morgan fingerprint density at radius 2 is 1.87 bits per heavy atom. The predicted molar refractivity (Wildman–Crippen MR) is 76.6 cm³/mol. The number of methoxy groups -OCH3 is 1. The summed E-state index contributed by atoms with van der Waals surface area (Å²) in [6, 6.07) is 5.02. The number of halogens is 2. The number of hydrogen-bond donors (Lipinski definition) is 1. The highest BCUT2D eigenvalue weighted by atomic mass is 32.2. The molecule has 1 saturated carbocycles. The maximum Gasteiger partial charge on any atom is 0.387 e. The molecule has 0 aromatic heterocycles. The van der Waals surface area contributed by atoms with Gasteiger partial charge in [0.2, 0.25) is 10.0 Å². The normalized spacial score (nSPS) is 17.2. The van der Waals surface area contributed by atoms with Gasteiger partial charge in [0.1, 0.15) is 16.2 Å². The zero-order valence-electron chi connectivity index (χ0n) is 12.4. The van der Waals surface area contributed by atoms with E-state index in [0.717, 1.165) is 12.1 Å². The van der Waals surface area contributed by atoms with E-state index in [0.29, 0.717) is 12.8 Å². The lowest BCUT2D eigenvalue weighted by atomic mass is 10.00. The molecule has 0 saturated heterocycles. The first-order valence-corrected chi connectivity index (χ1v) is 8.45. The van der Waals surface area contributed by atoms with E-state index < -0.39 is 38.8 Å². The summed E-state index contributed by atoms with van der Waals surface area (Å²) < 4.78 is 61.3. The minimum absolute atomic E-state index is 0.288. The van der Waals surface area contributed by atoms with Gasteiger partial charge in [-0.3, -0.25) is 4.79 Å². The van der Waals surface area contributed by atoms with Gasteiger partial charge in [-0.1, -0.05) is 25.0 Å². The molecular formula is C14H17F2NO5S. The zero-order chi connectivity index (χ0) is 17.1. The molecule has 9 heteroatoms. The molecule has 6 nitrogen and oxygen atoms in total. The predicted octanol–water partition coefficient (Wildman–Crippen LogP) is 2.05. The van der Waals surface area contributed by atoms with Crippen molar-refractivity contribution in [1.29, 1.82) is 0 Å². The molecule has 0 aliphatic heterocycles. The minimum atomic E-state index is -4.24. The Bertz CT molecular complexity index is 672. The summed E-state index contributed by atoms with van der Waals surface area (Å²) in [5, 5.41) is 0. The van der Waals surface area contributed by atoms with Crippen LogP contribution < -0.4 is 9.46 Å². The summed E-state index contributed by atoms with van der Waals surface area (Å²) in [4.78, 5) is 11.6. The van der Waals surface area contributed by atoms with E-state index in [1.807, 2.05) is 0 Å². The summed E-state index contributed by atoms with van der Waals surface area (Å²) in [5.41, 5.74) is -1.37. The lowest BCUT2D eigenvalue weighted by molar-refractivity contribution is -0.147. The van der Waals surface area contributed by atoms with E-state index in [1.165, 1.54) is 19.2 Å². The largest absolute Gasteiger partial charge is 0.468 e. The number of para-hydroxylation sites is 1. The molecule has 0 unspecified atom stereocenters. The molecule has 0 bridgehead atoms. The van der Waals surface area contributed by atoms with Crippen LogP contribution in [0.4, 0.5) is 8.78 Å². The van der Waals surface area contributed by atoms with E-state index in [1.54, 1.807) is 0 Å². The van der Waals surface area contributed by atoms with Crippen molar-refractivity contribution in [2.75, 3.05) is 7.11 Å². The zero-order valence-corrected chi connectivity index (χ0v) is 13.2. The van der Waals surface area contributed by atoms with E-state index >= 15 is 0 Å². The summed E-state index contributed by atoms with van der Waals surface area (Å²) in [7, 11) is -3.07. The first kappa shape index (κ1) is 17.6. The standard InChI is InChI=1S/C14H17F2NO5S/c1-21-12(18)14(8-4-5-9-14)17-23(19,20)11-7-3-2-6-10(11)22-13(15)16/h2-3,6-7,13,17H,4-5,8-9H2,1H3. The number of nitrogens with one attached hydrogen (secondary N) is 1. The second-order valence-corrected chi connectivity index (χ2v) is 6.86. The third kappa shape index (κ3) is 3.78. The van der Waals surface area contributed by atoms with Crippen LogP contribution in [-0.4, -0.2) is 33.6 Å². The quantitative estimate of drug-likeness (QED) is 0.795. The van der Waals surface area contributed by atoms with Crippen molar-refractivity contribution in [1.82, 2.24) is 4.72 Å². The van der Waals surface area contributed by atoms with Gasteiger partial charge in [0.05, 0.1) is 7.11 Å². The van der Waals surface area contributed by atoms with E-state index in [4.69, 9.17) is 4.74 Å². The number of sulfonamides is 1. The van der Waals surface area contributed by atoms with Crippen LogP contribution in [0.1, 0.15) is 25.7 Å². The molecule has 0 spiro atoms. The summed E-state index contributed by atoms with van der Waals surface area (Å²) in [6.07, 6.45) is 1.90.